The molecular weight excluding hydrogens is 224 g/mol. The molecule has 1 aromatic carbocycles. The maximum absolute atomic E-state index is 11.9. The molecule has 1 amide bonds. The van der Waals surface area contributed by atoms with Crippen LogP contribution >= 0.6 is 0 Å². The second-order valence-corrected chi connectivity index (χ2v) is 5.04. The third-order valence-corrected chi connectivity index (χ3v) is 3.41. The summed E-state index contributed by atoms with van der Waals surface area (Å²) in [6.07, 6.45) is 2.64. The number of nitriles is 1. The zero-order valence-corrected chi connectivity index (χ0v) is 10.9. The van der Waals surface area contributed by atoms with E-state index in [4.69, 9.17) is 0 Å². The maximum atomic E-state index is 11.9. The van der Waals surface area contributed by atoms with E-state index in [9.17, 15) is 10.1 Å². The van der Waals surface area contributed by atoms with Gasteiger partial charge in [-0.2, -0.15) is 5.26 Å². The number of nitrogens with zero attached hydrogens (tertiary/aromatic N) is 2. The quantitative estimate of drug-likeness (QED) is 0.799. The molecule has 94 valence electrons. The highest BCUT2D eigenvalue weighted by Crippen LogP contribution is 2.26. The lowest BCUT2D eigenvalue weighted by Crippen LogP contribution is -2.35. The first-order valence-corrected chi connectivity index (χ1v) is 6.48. The summed E-state index contributed by atoms with van der Waals surface area (Å²) in [4.78, 5) is 13.7. The van der Waals surface area contributed by atoms with Crippen LogP contribution in [0.4, 0.5) is 5.69 Å². The Morgan fingerprint density at radius 3 is 2.72 bits per heavy atom. The Morgan fingerprint density at radius 1 is 1.33 bits per heavy atom. The van der Waals surface area contributed by atoms with Crippen molar-refractivity contribution in [3.8, 4) is 6.07 Å². The first kappa shape index (κ1) is 12.6. The van der Waals surface area contributed by atoms with Gasteiger partial charge in [0.05, 0.1) is 11.6 Å². The Kier molecular flexibility index (Phi) is 3.66. The highest BCUT2D eigenvalue weighted by Gasteiger charge is 2.20. The van der Waals surface area contributed by atoms with Crippen LogP contribution in [0, 0.1) is 11.3 Å². The summed E-state index contributed by atoms with van der Waals surface area (Å²) in [6, 6.07) is 8.01. The number of rotatable bonds is 2. The summed E-state index contributed by atoms with van der Waals surface area (Å²) >= 11 is 0. The second kappa shape index (κ2) is 5.22. The lowest BCUT2D eigenvalue weighted by atomic mass is 9.96. The fourth-order valence-electron chi connectivity index (χ4n) is 2.39. The molecule has 0 atom stereocenters. The average molecular weight is 242 g/mol. The molecule has 0 radical (unpaired) electrons. The van der Waals surface area contributed by atoms with Crippen molar-refractivity contribution in [3.63, 3.8) is 0 Å². The summed E-state index contributed by atoms with van der Waals surface area (Å²) in [7, 11) is 0. The number of piperidine rings is 1. The van der Waals surface area contributed by atoms with Crippen LogP contribution < -0.4 is 4.90 Å². The molecule has 0 bridgehead atoms. The van der Waals surface area contributed by atoms with Crippen LogP contribution in [0.1, 0.15) is 50.2 Å². The minimum atomic E-state index is 0.169. The van der Waals surface area contributed by atoms with Crippen molar-refractivity contribution in [1.29, 1.82) is 5.26 Å². The van der Waals surface area contributed by atoms with Crippen molar-refractivity contribution in [2.75, 3.05) is 11.4 Å². The van der Waals surface area contributed by atoms with Crippen LogP contribution in [0.15, 0.2) is 18.2 Å². The van der Waals surface area contributed by atoms with Crippen molar-refractivity contribution in [1.82, 2.24) is 0 Å². The summed E-state index contributed by atoms with van der Waals surface area (Å²) in [5.41, 5.74) is 2.59. The number of hydrogen-bond acceptors (Lipinski definition) is 2. The van der Waals surface area contributed by atoms with Gasteiger partial charge in [0, 0.05) is 18.7 Å². The van der Waals surface area contributed by atoms with Gasteiger partial charge < -0.3 is 4.90 Å². The Morgan fingerprint density at radius 2 is 2.11 bits per heavy atom. The van der Waals surface area contributed by atoms with Crippen molar-refractivity contribution in [3.05, 3.63) is 29.3 Å². The molecule has 0 unspecified atom stereocenters. The lowest BCUT2D eigenvalue weighted by Gasteiger charge is -2.27. The van der Waals surface area contributed by atoms with Crippen LogP contribution in [-0.2, 0) is 4.79 Å². The van der Waals surface area contributed by atoms with Gasteiger partial charge in [-0.15, -0.1) is 0 Å². The molecule has 2 rings (SSSR count). The minimum absolute atomic E-state index is 0.169. The smallest absolute Gasteiger partial charge is 0.226 e. The van der Waals surface area contributed by atoms with E-state index in [0.717, 1.165) is 30.6 Å². The number of carbonyl (C=O) groups excluding carboxylic acids is 1. The van der Waals surface area contributed by atoms with Gasteiger partial charge in [0.2, 0.25) is 5.91 Å². The van der Waals surface area contributed by atoms with E-state index < -0.39 is 0 Å². The van der Waals surface area contributed by atoms with Gasteiger partial charge >= 0.3 is 0 Å². The molecule has 18 heavy (non-hydrogen) atoms. The predicted octanol–water partition coefficient (Wildman–Crippen LogP) is 3.20. The fraction of sp³-hybridized carbons (Fsp3) is 0.467. The van der Waals surface area contributed by atoms with E-state index in [1.165, 1.54) is 0 Å². The van der Waals surface area contributed by atoms with E-state index in [-0.39, 0.29) is 5.91 Å². The summed E-state index contributed by atoms with van der Waals surface area (Å²) in [6.45, 7) is 4.91. The monoisotopic (exact) mass is 242 g/mol. The Bertz CT molecular complexity index is 500. The molecule has 0 saturated carbocycles. The third kappa shape index (κ3) is 2.38. The summed E-state index contributed by atoms with van der Waals surface area (Å²) in [5.74, 6) is 0.494. The van der Waals surface area contributed by atoms with Gasteiger partial charge in [0.15, 0.2) is 0 Å². The van der Waals surface area contributed by atoms with Crippen LogP contribution in [0.5, 0.6) is 0 Å². The average Bonchev–Trinajstić information content (AvgIpc) is 2.38. The topological polar surface area (TPSA) is 44.1 Å². The lowest BCUT2D eigenvalue weighted by molar-refractivity contribution is -0.119. The van der Waals surface area contributed by atoms with E-state index >= 15 is 0 Å². The molecule has 1 aromatic rings. The highest BCUT2D eigenvalue weighted by molar-refractivity contribution is 5.94. The number of benzene rings is 1. The van der Waals surface area contributed by atoms with Crippen molar-refractivity contribution in [2.45, 2.75) is 39.0 Å². The number of amides is 1. The van der Waals surface area contributed by atoms with Gasteiger partial charge in [0.1, 0.15) is 0 Å². The molecule has 3 heteroatoms. The SMILES string of the molecule is CC(C)c1ccc(N2CCCCC2=O)cc1C#N. The van der Waals surface area contributed by atoms with Gasteiger partial charge in [-0.3, -0.25) is 4.79 Å². The predicted molar refractivity (Wildman–Crippen MR) is 71.5 cm³/mol. The van der Waals surface area contributed by atoms with E-state index in [0.29, 0.717) is 17.9 Å². The molecule has 1 aliphatic rings. The largest absolute Gasteiger partial charge is 0.312 e. The molecule has 0 aliphatic carbocycles. The zero-order valence-electron chi connectivity index (χ0n) is 10.9. The first-order valence-electron chi connectivity index (χ1n) is 6.48. The molecule has 3 nitrogen and oxygen atoms in total. The molecule has 0 aromatic heterocycles. The number of carbonyl (C=O) groups is 1. The van der Waals surface area contributed by atoms with Crippen molar-refractivity contribution in [2.24, 2.45) is 0 Å². The van der Waals surface area contributed by atoms with Crippen LogP contribution in [0.25, 0.3) is 0 Å². The van der Waals surface area contributed by atoms with Crippen molar-refractivity contribution >= 4 is 11.6 Å². The molecule has 0 N–H and O–H groups in total. The Balaban J connectivity index is 2.35. The van der Waals surface area contributed by atoms with Gasteiger partial charge in [-0.1, -0.05) is 19.9 Å². The summed E-state index contributed by atoms with van der Waals surface area (Å²) < 4.78 is 0. The first-order chi connectivity index (χ1) is 8.63. The Labute approximate surface area is 108 Å². The second-order valence-electron chi connectivity index (χ2n) is 5.04. The van der Waals surface area contributed by atoms with Crippen molar-refractivity contribution < 1.29 is 4.79 Å². The van der Waals surface area contributed by atoms with E-state index in [1.807, 2.05) is 18.2 Å². The highest BCUT2D eigenvalue weighted by atomic mass is 16.2. The van der Waals surface area contributed by atoms with Crippen LogP contribution in [-0.4, -0.2) is 12.5 Å². The molecule has 1 saturated heterocycles. The van der Waals surface area contributed by atoms with E-state index in [2.05, 4.69) is 19.9 Å². The maximum Gasteiger partial charge on any atom is 0.226 e. The molecule has 1 heterocycles. The standard InChI is InChI=1S/C15H18N2O/c1-11(2)14-7-6-13(9-12(14)10-16)17-8-4-3-5-15(17)18/h6-7,9,11H,3-5,8H2,1-2H3. The molecule has 1 aliphatic heterocycles. The van der Waals surface area contributed by atoms with E-state index in [1.54, 1.807) is 4.90 Å². The number of hydrogen-bond donors (Lipinski definition) is 0. The minimum Gasteiger partial charge on any atom is -0.312 e. The van der Waals surface area contributed by atoms with Crippen LogP contribution in [0.2, 0.25) is 0 Å². The fourth-order valence-corrected chi connectivity index (χ4v) is 2.39. The van der Waals surface area contributed by atoms with Crippen LogP contribution in [0.3, 0.4) is 0 Å². The molecule has 0 spiro atoms. The van der Waals surface area contributed by atoms with Gasteiger partial charge in [-0.25, -0.2) is 0 Å². The Hall–Kier alpha value is -1.82. The van der Waals surface area contributed by atoms with Gasteiger partial charge in [-0.05, 0) is 36.5 Å². The molecular formula is C15H18N2O. The third-order valence-electron chi connectivity index (χ3n) is 3.41. The number of anilines is 1. The summed E-state index contributed by atoms with van der Waals surface area (Å²) in [5, 5.41) is 9.20. The van der Waals surface area contributed by atoms with Gasteiger partial charge in [0.25, 0.3) is 0 Å². The zero-order chi connectivity index (χ0) is 13.1. The normalized spacial score (nSPS) is 15.9. The molecule has 1 fully saturated rings.